The lowest BCUT2D eigenvalue weighted by atomic mass is 10.1. The first-order valence-electron chi connectivity index (χ1n) is 4.94. The predicted octanol–water partition coefficient (Wildman–Crippen LogP) is 2.22. The van der Waals surface area contributed by atoms with Gasteiger partial charge in [0.2, 0.25) is 0 Å². The molecule has 0 saturated carbocycles. The molecule has 0 saturated heterocycles. The van der Waals surface area contributed by atoms with Crippen LogP contribution in [0, 0.1) is 6.92 Å². The Bertz CT molecular complexity index is 385. The molecule has 3 heteroatoms. The standard InChI is InChI=1S/C12H16O2S/c1-9-6-4-5-7-12(9)8-15(14)11(3)10(2)13/h4-7,11H,8H2,1-3H3. The van der Waals surface area contributed by atoms with Crippen LogP contribution in [-0.2, 0) is 21.3 Å². The Kier molecular flexibility index (Phi) is 4.21. The highest BCUT2D eigenvalue weighted by atomic mass is 32.2. The van der Waals surface area contributed by atoms with E-state index in [1.165, 1.54) is 6.92 Å². The Morgan fingerprint density at radius 2 is 2.00 bits per heavy atom. The predicted molar refractivity (Wildman–Crippen MR) is 63.2 cm³/mol. The summed E-state index contributed by atoms with van der Waals surface area (Å²) in [6, 6.07) is 7.83. The molecular formula is C12H16O2S. The summed E-state index contributed by atoms with van der Waals surface area (Å²) < 4.78 is 11.8. The van der Waals surface area contributed by atoms with E-state index in [-0.39, 0.29) is 11.0 Å². The van der Waals surface area contributed by atoms with E-state index >= 15 is 0 Å². The highest BCUT2D eigenvalue weighted by molar-refractivity contribution is 7.85. The Morgan fingerprint density at radius 3 is 2.53 bits per heavy atom. The Labute approximate surface area is 93.2 Å². The zero-order valence-electron chi connectivity index (χ0n) is 9.32. The molecule has 0 radical (unpaired) electrons. The lowest BCUT2D eigenvalue weighted by Crippen LogP contribution is -2.21. The minimum atomic E-state index is -1.11. The fourth-order valence-electron chi connectivity index (χ4n) is 1.24. The maximum absolute atomic E-state index is 11.8. The molecule has 0 aliphatic carbocycles. The fraction of sp³-hybridized carbons (Fsp3) is 0.417. The van der Waals surface area contributed by atoms with Crippen LogP contribution in [0.1, 0.15) is 25.0 Å². The van der Waals surface area contributed by atoms with Gasteiger partial charge in [0.1, 0.15) is 5.78 Å². The van der Waals surface area contributed by atoms with Gasteiger partial charge >= 0.3 is 0 Å². The summed E-state index contributed by atoms with van der Waals surface area (Å²) in [6.07, 6.45) is 0. The van der Waals surface area contributed by atoms with Crippen LogP contribution < -0.4 is 0 Å². The summed E-state index contributed by atoms with van der Waals surface area (Å²) in [6.45, 7) is 5.20. The summed E-state index contributed by atoms with van der Waals surface area (Å²) in [5.74, 6) is 0.454. The van der Waals surface area contributed by atoms with Gasteiger partial charge in [-0.3, -0.25) is 9.00 Å². The number of carbonyl (C=O) groups is 1. The van der Waals surface area contributed by atoms with Crippen molar-refractivity contribution in [3.8, 4) is 0 Å². The van der Waals surface area contributed by atoms with E-state index in [1.54, 1.807) is 6.92 Å². The third kappa shape index (κ3) is 3.27. The Balaban J connectivity index is 2.75. The highest BCUT2D eigenvalue weighted by Gasteiger charge is 2.16. The summed E-state index contributed by atoms with van der Waals surface area (Å²) >= 11 is 0. The molecule has 0 bridgehead atoms. The number of aryl methyl sites for hydroxylation is 1. The summed E-state index contributed by atoms with van der Waals surface area (Å²) in [5.41, 5.74) is 2.19. The molecular weight excluding hydrogens is 208 g/mol. The quantitative estimate of drug-likeness (QED) is 0.786. The number of ketones is 1. The molecule has 1 rings (SSSR count). The third-order valence-electron chi connectivity index (χ3n) is 2.53. The molecule has 0 aromatic heterocycles. The molecule has 2 unspecified atom stereocenters. The van der Waals surface area contributed by atoms with E-state index in [0.29, 0.717) is 5.75 Å². The van der Waals surface area contributed by atoms with Crippen LogP contribution in [0.25, 0.3) is 0 Å². The SMILES string of the molecule is CC(=O)C(C)S(=O)Cc1ccccc1C. The molecule has 2 atom stereocenters. The lowest BCUT2D eigenvalue weighted by Gasteiger charge is -2.09. The van der Waals surface area contributed by atoms with E-state index in [1.807, 2.05) is 31.2 Å². The van der Waals surface area contributed by atoms with Gasteiger partial charge in [-0.15, -0.1) is 0 Å². The second-order valence-corrected chi connectivity index (χ2v) is 5.46. The van der Waals surface area contributed by atoms with E-state index < -0.39 is 10.8 Å². The van der Waals surface area contributed by atoms with Gasteiger partial charge in [0.25, 0.3) is 0 Å². The van der Waals surface area contributed by atoms with Crippen molar-refractivity contribution in [1.82, 2.24) is 0 Å². The number of rotatable bonds is 4. The number of benzene rings is 1. The second-order valence-electron chi connectivity index (χ2n) is 3.70. The first-order chi connectivity index (χ1) is 7.02. The molecule has 0 aliphatic heterocycles. The maximum Gasteiger partial charge on any atom is 0.145 e. The van der Waals surface area contributed by atoms with E-state index in [9.17, 15) is 9.00 Å². The molecule has 15 heavy (non-hydrogen) atoms. The Hall–Kier alpha value is -0.960. The van der Waals surface area contributed by atoms with Crippen LogP contribution in [-0.4, -0.2) is 15.2 Å². The average Bonchev–Trinajstić information content (AvgIpc) is 2.20. The van der Waals surface area contributed by atoms with E-state index in [4.69, 9.17) is 0 Å². The minimum Gasteiger partial charge on any atom is -0.299 e. The summed E-state index contributed by atoms with van der Waals surface area (Å²) in [7, 11) is -1.11. The molecule has 82 valence electrons. The molecule has 0 heterocycles. The van der Waals surface area contributed by atoms with Crippen molar-refractivity contribution in [2.24, 2.45) is 0 Å². The number of carbonyl (C=O) groups excluding carboxylic acids is 1. The molecule has 1 aromatic rings. The summed E-state index contributed by atoms with van der Waals surface area (Å²) in [4.78, 5) is 11.1. The van der Waals surface area contributed by atoms with Gasteiger partial charge in [-0.05, 0) is 31.9 Å². The average molecular weight is 224 g/mol. The molecule has 0 aliphatic rings. The van der Waals surface area contributed by atoms with Gasteiger partial charge in [-0.2, -0.15) is 0 Å². The second kappa shape index (κ2) is 5.21. The van der Waals surface area contributed by atoms with Crippen LogP contribution in [0.2, 0.25) is 0 Å². The third-order valence-corrected chi connectivity index (χ3v) is 4.24. The van der Waals surface area contributed by atoms with E-state index in [0.717, 1.165) is 11.1 Å². The lowest BCUT2D eigenvalue weighted by molar-refractivity contribution is -0.116. The van der Waals surface area contributed by atoms with Crippen molar-refractivity contribution in [3.63, 3.8) is 0 Å². The van der Waals surface area contributed by atoms with Crippen molar-refractivity contribution in [3.05, 3.63) is 35.4 Å². The van der Waals surface area contributed by atoms with Crippen LogP contribution in [0.15, 0.2) is 24.3 Å². The van der Waals surface area contributed by atoms with Crippen LogP contribution in [0.3, 0.4) is 0 Å². The van der Waals surface area contributed by atoms with Gasteiger partial charge < -0.3 is 0 Å². The first kappa shape index (κ1) is 12.1. The van der Waals surface area contributed by atoms with Crippen molar-refractivity contribution in [1.29, 1.82) is 0 Å². The van der Waals surface area contributed by atoms with Crippen LogP contribution >= 0.6 is 0 Å². The van der Waals surface area contributed by atoms with E-state index in [2.05, 4.69) is 0 Å². The highest BCUT2D eigenvalue weighted by Crippen LogP contribution is 2.12. The minimum absolute atomic E-state index is 0.0121. The molecule has 0 amide bonds. The van der Waals surface area contributed by atoms with Crippen molar-refractivity contribution in [2.45, 2.75) is 31.8 Å². The van der Waals surface area contributed by atoms with Crippen molar-refractivity contribution >= 4 is 16.6 Å². The van der Waals surface area contributed by atoms with Crippen molar-refractivity contribution < 1.29 is 9.00 Å². The summed E-state index contributed by atoms with van der Waals surface area (Å²) in [5, 5.41) is -0.371. The number of hydrogen-bond donors (Lipinski definition) is 0. The fourth-order valence-corrected chi connectivity index (χ4v) is 2.49. The van der Waals surface area contributed by atoms with Gasteiger partial charge in [0, 0.05) is 16.6 Å². The largest absolute Gasteiger partial charge is 0.299 e. The smallest absolute Gasteiger partial charge is 0.145 e. The maximum atomic E-state index is 11.8. The molecule has 0 fully saturated rings. The molecule has 2 nitrogen and oxygen atoms in total. The molecule has 0 spiro atoms. The normalized spacial score (nSPS) is 14.6. The first-order valence-corrected chi connectivity index (χ1v) is 6.32. The topological polar surface area (TPSA) is 34.1 Å². The van der Waals surface area contributed by atoms with Crippen LogP contribution in [0.5, 0.6) is 0 Å². The molecule has 1 aromatic carbocycles. The zero-order valence-corrected chi connectivity index (χ0v) is 10.1. The van der Waals surface area contributed by atoms with Crippen molar-refractivity contribution in [2.75, 3.05) is 0 Å². The van der Waals surface area contributed by atoms with Gasteiger partial charge in [0.15, 0.2) is 0 Å². The monoisotopic (exact) mass is 224 g/mol. The van der Waals surface area contributed by atoms with Gasteiger partial charge in [-0.1, -0.05) is 24.3 Å². The number of hydrogen-bond acceptors (Lipinski definition) is 2. The van der Waals surface area contributed by atoms with Crippen LogP contribution in [0.4, 0.5) is 0 Å². The Morgan fingerprint density at radius 1 is 1.40 bits per heavy atom. The number of Topliss-reactive ketones (excluding diaryl/α,β-unsaturated/α-hetero) is 1. The molecule has 0 N–H and O–H groups in total. The van der Waals surface area contributed by atoms with Gasteiger partial charge in [-0.25, -0.2) is 0 Å². The van der Waals surface area contributed by atoms with Gasteiger partial charge in [0.05, 0.1) is 5.25 Å². The zero-order chi connectivity index (χ0) is 11.4.